The van der Waals surface area contributed by atoms with E-state index in [4.69, 9.17) is 0 Å². The zero-order valence-electron chi connectivity index (χ0n) is 7.31. The lowest BCUT2D eigenvalue weighted by Gasteiger charge is -2.08. The van der Waals surface area contributed by atoms with Gasteiger partial charge in [0.2, 0.25) is 0 Å². The minimum absolute atomic E-state index is 0.224. The van der Waals surface area contributed by atoms with Gasteiger partial charge in [0.25, 0.3) is 0 Å². The van der Waals surface area contributed by atoms with Gasteiger partial charge >= 0.3 is 0 Å². The van der Waals surface area contributed by atoms with Crippen molar-refractivity contribution in [3.05, 3.63) is 53.9 Å². The van der Waals surface area contributed by atoms with Crippen LogP contribution in [-0.2, 0) is 0 Å². The molecule has 1 atom stereocenters. The van der Waals surface area contributed by atoms with Crippen LogP contribution in [0, 0.1) is 5.82 Å². The SMILES string of the molecule is OC(c1ncc[nH]1)c1ccccc1F. The van der Waals surface area contributed by atoms with Crippen molar-refractivity contribution in [2.75, 3.05) is 0 Å². The van der Waals surface area contributed by atoms with E-state index in [1.54, 1.807) is 18.3 Å². The third-order valence-corrected chi connectivity index (χ3v) is 1.98. The van der Waals surface area contributed by atoms with Crippen molar-refractivity contribution in [3.63, 3.8) is 0 Å². The standard InChI is InChI=1S/C10H9FN2O/c11-8-4-2-1-3-7(8)9(14)10-12-5-6-13-10/h1-6,9,14H,(H,12,13). The number of imidazole rings is 1. The molecule has 0 saturated heterocycles. The van der Waals surface area contributed by atoms with E-state index in [0.29, 0.717) is 5.82 Å². The van der Waals surface area contributed by atoms with E-state index in [0.717, 1.165) is 0 Å². The first-order valence-electron chi connectivity index (χ1n) is 4.21. The van der Waals surface area contributed by atoms with Gasteiger partial charge in [-0.1, -0.05) is 18.2 Å². The summed E-state index contributed by atoms with van der Waals surface area (Å²) in [4.78, 5) is 6.60. The Bertz CT molecular complexity index is 414. The fraction of sp³-hybridized carbons (Fsp3) is 0.100. The average Bonchev–Trinajstić information content (AvgIpc) is 2.70. The number of halogens is 1. The summed E-state index contributed by atoms with van der Waals surface area (Å²) in [6, 6.07) is 6.09. The minimum Gasteiger partial charge on any atom is -0.380 e. The molecule has 0 amide bonds. The largest absolute Gasteiger partial charge is 0.380 e. The molecule has 1 heterocycles. The molecular formula is C10H9FN2O. The minimum atomic E-state index is -1.04. The lowest BCUT2D eigenvalue weighted by Crippen LogP contribution is -2.04. The second kappa shape index (κ2) is 3.59. The van der Waals surface area contributed by atoms with Crippen molar-refractivity contribution in [2.45, 2.75) is 6.10 Å². The topological polar surface area (TPSA) is 48.9 Å². The molecule has 3 nitrogen and oxygen atoms in total. The Labute approximate surface area is 80.2 Å². The third kappa shape index (κ3) is 1.52. The summed E-state index contributed by atoms with van der Waals surface area (Å²) in [6.07, 6.45) is 2.06. The fourth-order valence-electron chi connectivity index (χ4n) is 1.27. The molecule has 1 aromatic heterocycles. The molecule has 0 saturated carbocycles. The van der Waals surface area contributed by atoms with Gasteiger partial charge in [0, 0.05) is 18.0 Å². The number of benzene rings is 1. The molecule has 4 heteroatoms. The molecule has 2 N–H and O–H groups in total. The molecule has 0 radical (unpaired) electrons. The maximum atomic E-state index is 13.2. The summed E-state index contributed by atoms with van der Waals surface area (Å²) in [7, 11) is 0. The van der Waals surface area contributed by atoms with Crippen molar-refractivity contribution in [2.24, 2.45) is 0 Å². The van der Waals surface area contributed by atoms with E-state index in [9.17, 15) is 9.50 Å². The Kier molecular flexibility index (Phi) is 2.28. The van der Waals surface area contributed by atoms with Crippen molar-refractivity contribution < 1.29 is 9.50 Å². The molecular weight excluding hydrogens is 183 g/mol. The van der Waals surface area contributed by atoms with E-state index in [2.05, 4.69) is 9.97 Å². The summed E-state index contributed by atoms with van der Waals surface area (Å²) in [5.41, 5.74) is 0.224. The van der Waals surface area contributed by atoms with Gasteiger partial charge in [0.1, 0.15) is 17.7 Å². The molecule has 0 spiro atoms. The van der Waals surface area contributed by atoms with Gasteiger partial charge in [-0.2, -0.15) is 0 Å². The van der Waals surface area contributed by atoms with Crippen molar-refractivity contribution in [1.82, 2.24) is 9.97 Å². The van der Waals surface area contributed by atoms with Crippen LogP contribution < -0.4 is 0 Å². The molecule has 0 fully saturated rings. The molecule has 2 rings (SSSR count). The number of nitrogens with one attached hydrogen (secondary N) is 1. The first-order valence-corrected chi connectivity index (χ1v) is 4.21. The molecule has 14 heavy (non-hydrogen) atoms. The number of aromatic nitrogens is 2. The van der Waals surface area contributed by atoms with E-state index in [1.165, 1.54) is 18.3 Å². The highest BCUT2D eigenvalue weighted by Gasteiger charge is 2.15. The Morgan fingerprint density at radius 1 is 1.36 bits per heavy atom. The van der Waals surface area contributed by atoms with Gasteiger partial charge in [0.05, 0.1) is 0 Å². The van der Waals surface area contributed by atoms with Crippen LogP contribution in [-0.4, -0.2) is 15.1 Å². The first-order chi connectivity index (χ1) is 6.79. The second-order valence-corrected chi connectivity index (χ2v) is 2.90. The Morgan fingerprint density at radius 2 is 2.14 bits per heavy atom. The van der Waals surface area contributed by atoms with E-state index in [1.807, 2.05) is 0 Å². The van der Waals surface area contributed by atoms with Gasteiger partial charge in [-0.15, -0.1) is 0 Å². The van der Waals surface area contributed by atoms with E-state index in [-0.39, 0.29) is 5.56 Å². The number of hydrogen-bond acceptors (Lipinski definition) is 2. The molecule has 0 bridgehead atoms. The van der Waals surface area contributed by atoms with Gasteiger partial charge in [0.15, 0.2) is 0 Å². The van der Waals surface area contributed by atoms with Crippen molar-refractivity contribution in [1.29, 1.82) is 0 Å². The van der Waals surface area contributed by atoms with Crippen LogP contribution in [0.4, 0.5) is 4.39 Å². The molecule has 72 valence electrons. The van der Waals surface area contributed by atoms with Gasteiger partial charge in [-0.3, -0.25) is 0 Å². The first kappa shape index (κ1) is 8.90. The van der Waals surface area contributed by atoms with Crippen LogP contribution in [0.1, 0.15) is 17.5 Å². The van der Waals surface area contributed by atoms with E-state index < -0.39 is 11.9 Å². The Morgan fingerprint density at radius 3 is 2.79 bits per heavy atom. The highest BCUT2D eigenvalue weighted by atomic mass is 19.1. The van der Waals surface area contributed by atoms with Crippen LogP contribution in [0.3, 0.4) is 0 Å². The predicted molar refractivity (Wildman–Crippen MR) is 49.0 cm³/mol. The number of aromatic amines is 1. The Hall–Kier alpha value is -1.68. The van der Waals surface area contributed by atoms with Crippen LogP contribution in [0.2, 0.25) is 0 Å². The fourth-order valence-corrected chi connectivity index (χ4v) is 1.27. The maximum Gasteiger partial charge on any atom is 0.139 e. The summed E-state index contributed by atoms with van der Waals surface area (Å²) < 4.78 is 13.2. The number of rotatable bonds is 2. The number of aliphatic hydroxyl groups excluding tert-OH is 1. The molecule has 1 aromatic carbocycles. The van der Waals surface area contributed by atoms with Gasteiger partial charge in [-0.25, -0.2) is 9.37 Å². The molecule has 0 aliphatic heterocycles. The zero-order chi connectivity index (χ0) is 9.97. The van der Waals surface area contributed by atoms with Crippen molar-refractivity contribution >= 4 is 0 Å². The number of hydrogen-bond donors (Lipinski definition) is 2. The molecule has 1 unspecified atom stereocenters. The summed E-state index contributed by atoms with van der Waals surface area (Å²) in [5.74, 6) is -0.0912. The van der Waals surface area contributed by atoms with Crippen LogP contribution in [0.15, 0.2) is 36.7 Å². The van der Waals surface area contributed by atoms with Gasteiger partial charge < -0.3 is 10.1 Å². The summed E-state index contributed by atoms with van der Waals surface area (Å²) >= 11 is 0. The Balaban J connectivity index is 2.37. The second-order valence-electron chi connectivity index (χ2n) is 2.90. The molecule has 2 aromatic rings. The third-order valence-electron chi connectivity index (χ3n) is 1.98. The normalized spacial score (nSPS) is 12.7. The lowest BCUT2D eigenvalue weighted by atomic mass is 10.1. The monoisotopic (exact) mass is 192 g/mol. The summed E-state index contributed by atoms with van der Waals surface area (Å²) in [6.45, 7) is 0. The smallest absolute Gasteiger partial charge is 0.139 e. The average molecular weight is 192 g/mol. The molecule has 0 aliphatic carbocycles. The summed E-state index contributed by atoms with van der Waals surface area (Å²) in [5, 5.41) is 9.73. The highest BCUT2D eigenvalue weighted by Crippen LogP contribution is 2.20. The number of nitrogens with zero attached hydrogens (tertiary/aromatic N) is 1. The highest BCUT2D eigenvalue weighted by molar-refractivity contribution is 5.24. The van der Waals surface area contributed by atoms with Crippen molar-refractivity contribution in [3.8, 4) is 0 Å². The quantitative estimate of drug-likeness (QED) is 0.759. The van der Waals surface area contributed by atoms with Crippen LogP contribution in [0.5, 0.6) is 0 Å². The van der Waals surface area contributed by atoms with Gasteiger partial charge in [-0.05, 0) is 6.07 Å². The number of H-pyrrole nitrogens is 1. The van der Waals surface area contributed by atoms with Crippen LogP contribution >= 0.6 is 0 Å². The van der Waals surface area contributed by atoms with Crippen LogP contribution in [0.25, 0.3) is 0 Å². The lowest BCUT2D eigenvalue weighted by molar-refractivity contribution is 0.206. The predicted octanol–water partition coefficient (Wildman–Crippen LogP) is 1.63. The van der Waals surface area contributed by atoms with E-state index >= 15 is 0 Å². The zero-order valence-corrected chi connectivity index (χ0v) is 7.31. The molecule has 0 aliphatic rings. The maximum absolute atomic E-state index is 13.2. The number of aliphatic hydroxyl groups is 1.